The molecule has 72 heavy (non-hydrogen) atoms. The van der Waals surface area contributed by atoms with Crippen molar-refractivity contribution in [2.24, 2.45) is 0 Å². The lowest BCUT2D eigenvalue weighted by molar-refractivity contribution is -0.462. The molecule has 0 fully saturated rings. The van der Waals surface area contributed by atoms with Gasteiger partial charge in [0.2, 0.25) is 29.5 Å². The number of rotatable bonds is 31. The van der Waals surface area contributed by atoms with Crippen molar-refractivity contribution in [3.63, 3.8) is 0 Å². The summed E-state index contributed by atoms with van der Waals surface area (Å²) in [5.74, 6) is 0.0456. The van der Waals surface area contributed by atoms with E-state index in [1.807, 2.05) is 42.0 Å². The first-order chi connectivity index (χ1) is 33.9. The van der Waals surface area contributed by atoms with Crippen LogP contribution in [0.5, 0.6) is 5.75 Å². The van der Waals surface area contributed by atoms with E-state index in [2.05, 4.69) is 103 Å². The minimum Gasteiger partial charge on any atom is -0.778 e. The highest BCUT2D eigenvalue weighted by Crippen LogP contribution is 2.35. The van der Waals surface area contributed by atoms with E-state index in [0.29, 0.717) is 25.9 Å². The highest BCUT2D eigenvalue weighted by molar-refractivity contribution is 7.95. The zero-order chi connectivity index (χ0) is 53.4. The first-order valence-corrected chi connectivity index (χ1v) is 27.4. The summed E-state index contributed by atoms with van der Waals surface area (Å²) in [6.07, 6.45) is 9.39. The van der Waals surface area contributed by atoms with Crippen LogP contribution in [0.15, 0.2) is 66.3 Å². The number of unbranched alkanes of at least 4 members (excludes halogenated alkanes) is 1. The van der Waals surface area contributed by atoms with Gasteiger partial charge in [0.1, 0.15) is 31.7 Å². The monoisotopic (exact) mass is 1040 g/mol. The van der Waals surface area contributed by atoms with Gasteiger partial charge >= 0.3 is 0 Å². The number of carbonyl (C=O) groups excluding carboxylic acids is 6. The number of amides is 5. The molecule has 0 saturated carbocycles. The maximum atomic E-state index is 13.3. The van der Waals surface area contributed by atoms with E-state index in [1.165, 1.54) is 0 Å². The maximum absolute atomic E-state index is 13.3. The average molecular weight is 1040 g/mol. The summed E-state index contributed by atoms with van der Waals surface area (Å²) in [7, 11) is 0.0756. The van der Waals surface area contributed by atoms with Gasteiger partial charge in [0.15, 0.2) is 5.71 Å². The minimum absolute atomic E-state index is 0.0234. The van der Waals surface area contributed by atoms with Gasteiger partial charge in [-0.05, 0) is 116 Å². The zero-order valence-corrected chi connectivity index (χ0v) is 44.0. The summed E-state index contributed by atoms with van der Waals surface area (Å²) in [6, 6.07) is 11.7. The van der Waals surface area contributed by atoms with Crippen LogP contribution in [0.1, 0.15) is 92.9 Å². The maximum Gasteiger partial charge on any atom is 0.242 e. The molecule has 0 saturated heterocycles. The quantitative estimate of drug-likeness (QED) is 0.0315. The number of hydrogen-bond acceptors (Lipinski definition) is 13. The normalized spacial score (nSPS) is 13.3. The summed E-state index contributed by atoms with van der Waals surface area (Å²) < 4.78 is 63.0. The molecule has 0 radical (unpaired) electrons. The van der Waals surface area contributed by atoms with E-state index >= 15 is 0 Å². The number of nitrogens with one attached hydrogen (secondary N) is 5. The minimum atomic E-state index is -4.54. The summed E-state index contributed by atoms with van der Waals surface area (Å²) in [5, 5.41) is 13.0. The molecule has 5 N–H and O–H groups in total. The van der Waals surface area contributed by atoms with Crippen molar-refractivity contribution in [2.45, 2.75) is 90.5 Å². The van der Waals surface area contributed by atoms with Crippen molar-refractivity contribution >= 4 is 78.1 Å². The highest BCUT2D eigenvalue weighted by Gasteiger charge is 2.22. The average Bonchev–Trinajstić information content (AvgIpc) is 3.30. The van der Waals surface area contributed by atoms with Gasteiger partial charge < -0.3 is 45.3 Å². The third-order valence-corrected chi connectivity index (χ3v) is 12.9. The van der Waals surface area contributed by atoms with Crippen LogP contribution in [0, 0.1) is 13.8 Å². The van der Waals surface area contributed by atoms with Gasteiger partial charge in [0, 0.05) is 102 Å². The number of hydrogen-bond donors (Lipinski definition) is 5. The molecule has 2 atom stereocenters. The van der Waals surface area contributed by atoms with Gasteiger partial charge in [-0.2, -0.15) is 0 Å². The number of nitrogens with zero attached hydrogens (tertiary/aromatic N) is 2. The van der Waals surface area contributed by atoms with Crippen molar-refractivity contribution in [3.8, 4) is 5.75 Å². The lowest BCUT2D eigenvalue weighted by Gasteiger charge is -2.19. The molecule has 0 spiro atoms. The molecule has 5 amide bonds. The second-order valence-corrected chi connectivity index (χ2v) is 21.4. The number of benzene rings is 2. The fraction of sp³-hybridized carbons (Fsp3) is 0.490. The first kappa shape index (κ1) is 60.1. The van der Waals surface area contributed by atoms with E-state index in [9.17, 15) is 50.5 Å². The summed E-state index contributed by atoms with van der Waals surface area (Å²) in [6.45, 7) is 4.26. The standard InChI is InChI=1S/C51H73N7O12S2/c1-36-34-40(49(38-15-19-41(20-16-38)57(3)4)39-17-21-42(22-18-39)58(5)6)35-37(2)50(36)70-31-10-14-45(60)53-28-29-55-51(64)44(56-48(63)26-25-47(62)54-30-33-72(67,68)69)13-8-9-27-52-46(61)24-23-43(59)12-11-32-71(7,65)66/h15-22,34-35,44H,7-14,23-33H2,1-6H3,(H6-,52,53,54,55,56,60,61,62,63,64,65,66,67,68,69)/p-1. The van der Waals surface area contributed by atoms with Gasteiger partial charge in [0.05, 0.1) is 22.5 Å². The summed E-state index contributed by atoms with van der Waals surface area (Å²) in [5.41, 5.74) is 8.41. The fourth-order valence-corrected chi connectivity index (χ4v) is 8.44. The highest BCUT2D eigenvalue weighted by atomic mass is 32.2. The SMILES string of the molecule is C=S(=O)([O-])CCCC(=O)CCC(=O)NCCCCC(NC(=O)CCC(=O)NCCS(=O)(=O)[O-])C(=O)NCCNC(=O)CCCOc1c(C)cc(C(=C2C=CC(=[N+](C)C)C=C2)c2ccc(N(C)C)cc2)cc1C. The Morgan fingerprint density at radius 3 is 1.83 bits per heavy atom. The Morgan fingerprint density at radius 1 is 0.667 bits per heavy atom. The van der Waals surface area contributed by atoms with Crippen molar-refractivity contribution in [3.05, 3.63) is 88.5 Å². The van der Waals surface area contributed by atoms with E-state index < -0.39 is 56.0 Å². The summed E-state index contributed by atoms with van der Waals surface area (Å²) in [4.78, 5) is 77.2. The van der Waals surface area contributed by atoms with Crippen LogP contribution in [0.2, 0.25) is 0 Å². The van der Waals surface area contributed by atoms with Gasteiger partial charge in [-0.15, -0.1) is 0 Å². The second-order valence-electron chi connectivity index (χ2n) is 18.0. The van der Waals surface area contributed by atoms with E-state index in [0.717, 1.165) is 50.5 Å². The number of Topliss-reactive ketones (excluding diaryl/α,β-unsaturated/α-hetero) is 1. The number of aryl methyl sites for hydroxylation is 2. The fourth-order valence-electron chi connectivity index (χ4n) is 7.50. The Balaban J connectivity index is 1.51. The lowest BCUT2D eigenvalue weighted by atomic mass is 9.89. The topological polar surface area (TPSA) is 275 Å². The van der Waals surface area contributed by atoms with Gasteiger partial charge in [0.25, 0.3) is 0 Å². The van der Waals surface area contributed by atoms with Crippen LogP contribution < -0.4 is 36.2 Å². The van der Waals surface area contributed by atoms with Crippen LogP contribution in [-0.2, 0) is 48.7 Å². The first-order valence-electron chi connectivity index (χ1n) is 24.0. The largest absolute Gasteiger partial charge is 0.778 e. The molecule has 1 aliphatic carbocycles. The van der Waals surface area contributed by atoms with Crippen LogP contribution >= 0.6 is 0 Å². The molecular formula is C51H72N7O12S2-. The third kappa shape index (κ3) is 23.4. The molecule has 0 heterocycles. The predicted octanol–water partition coefficient (Wildman–Crippen LogP) is 2.59. The predicted molar refractivity (Wildman–Crippen MR) is 279 cm³/mol. The molecule has 2 aromatic rings. The number of carbonyl (C=O) groups is 6. The van der Waals surface area contributed by atoms with Gasteiger partial charge in [-0.1, -0.05) is 27.8 Å². The van der Waals surface area contributed by atoms with E-state index in [4.69, 9.17) is 4.74 Å². The Hall–Kier alpha value is -6.16. The molecule has 1 aliphatic rings. The molecule has 0 aromatic heterocycles. The molecule has 3 rings (SSSR count). The molecule has 21 heteroatoms. The molecule has 2 aromatic carbocycles. The van der Waals surface area contributed by atoms with Crippen LogP contribution in [0.4, 0.5) is 5.69 Å². The number of ketones is 1. The number of allylic oxidation sites excluding steroid dienone is 5. The van der Waals surface area contributed by atoms with Crippen molar-refractivity contribution in [1.29, 1.82) is 0 Å². The van der Waals surface area contributed by atoms with Crippen LogP contribution in [-0.4, -0.2) is 152 Å². The van der Waals surface area contributed by atoms with Crippen molar-refractivity contribution < 1.29 is 59.8 Å². The Morgan fingerprint density at radius 2 is 1.24 bits per heavy atom. The van der Waals surface area contributed by atoms with E-state index in [1.54, 1.807) is 0 Å². The number of anilines is 1. The summed E-state index contributed by atoms with van der Waals surface area (Å²) >= 11 is 0. The Kier molecular flexibility index (Phi) is 25.1. The Bertz CT molecular complexity index is 2540. The zero-order valence-electron chi connectivity index (χ0n) is 42.4. The van der Waals surface area contributed by atoms with Crippen LogP contribution in [0.3, 0.4) is 0 Å². The molecule has 0 bridgehead atoms. The van der Waals surface area contributed by atoms with Crippen molar-refractivity contribution in [1.82, 2.24) is 26.6 Å². The van der Waals surface area contributed by atoms with Gasteiger partial charge in [-0.3, -0.25) is 33.0 Å². The van der Waals surface area contributed by atoms with Gasteiger partial charge in [-0.25, -0.2) is 13.0 Å². The molecule has 2 unspecified atom stereocenters. The lowest BCUT2D eigenvalue weighted by Crippen LogP contribution is -2.48. The molecular weight excluding hydrogens is 967 g/mol. The van der Waals surface area contributed by atoms with E-state index in [-0.39, 0.29) is 94.4 Å². The van der Waals surface area contributed by atoms with Crippen molar-refractivity contribution in [2.75, 3.05) is 77.4 Å². The second kappa shape index (κ2) is 30.0. The van der Waals surface area contributed by atoms with Crippen LogP contribution in [0.25, 0.3) is 5.57 Å². The Labute approximate surface area is 425 Å². The number of ether oxygens (including phenoxy) is 1. The molecule has 396 valence electrons. The third-order valence-electron chi connectivity index (χ3n) is 11.3. The molecule has 19 nitrogen and oxygen atoms in total. The smallest absolute Gasteiger partial charge is 0.242 e. The molecule has 0 aliphatic heterocycles.